The lowest BCUT2D eigenvalue weighted by atomic mass is 10.1. The van der Waals surface area contributed by atoms with Crippen LogP contribution in [0.15, 0.2) is 48.5 Å². The number of piperazine rings is 1. The van der Waals surface area contributed by atoms with Crippen LogP contribution in [0.2, 0.25) is 0 Å². The molecule has 2 aromatic carbocycles. The van der Waals surface area contributed by atoms with Crippen molar-refractivity contribution in [1.29, 1.82) is 0 Å². The summed E-state index contributed by atoms with van der Waals surface area (Å²) in [6.07, 6.45) is 7.18. The summed E-state index contributed by atoms with van der Waals surface area (Å²) in [6.45, 7) is 6.13. The van der Waals surface area contributed by atoms with Gasteiger partial charge >= 0.3 is 0 Å². The first-order valence-corrected chi connectivity index (χ1v) is 15.2. The first-order valence-electron chi connectivity index (χ1n) is 14.4. The van der Waals surface area contributed by atoms with Crippen LogP contribution in [0.25, 0.3) is 0 Å². The molecule has 1 saturated heterocycles. The molecule has 0 spiro atoms. The van der Waals surface area contributed by atoms with Crippen LogP contribution in [0.4, 0.5) is 0 Å². The maximum Gasteiger partial charge on any atom is 0.222 e. The lowest BCUT2D eigenvalue weighted by Crippen LogP contribution is -2.48. The van der Waals surface area contributed by atoms with Gasteiger partial charge in [-0.3, -0.25) is 9.69 Å². The highest BCUT2D eigenvalue weighted by Gasteiger charge is 2.23. The van der Waals surface area contributed by atoms with Gasteiger partial charge in [-0.15, -0.1) is 11.3 Å². The number of carbonyl (C=O) groups is 1. The van der Waals surface area contributed by atoms with Crippen molar-refractivity contribution < 1.29 is 19.0 Å². The molecule has 1 aliphatic heterocycles. The number of hydrogen-bond acceptors (Lipinski definition) is 6. The minimum Gasteiger partial charge on any atom is -0.493 e. The van der Waals surface area contributed by atoms with Crippen LogP contribution in [0.5, 0.6) is 17.2 Å². The molecule has 0 aliphatic carbocycles. The summed E-state index contributed by atoms with van der Waals surface area (Å²) in [7, 11) is 4.91. The van der Waals surface area contributed by atoms with E-state index < -0.39 is 0 Å². The standard InChI is InChI=1S/C33H44N2O4S/c1-25-12-14-26(15-13-25)8-7-10-29-18-17-28(40-29)9-5-6-11-31(36)35-22-20-34(21-23-35)24-27-16-19-30(37-2)33(39-4)32(27)38-3/h12-19H,5-11,20-24H2,1-4H3. The van der Waals surface area contributed by atoms with E-state index in [1.54, 1.807) is 21.3 Å². The molecule has 1 fully saturated rings. The second-order valence-electron chi connectivity index (χ2n) is 10.6. The van der Waals surface area contributed by atoms with Crippen molar-refractivity contribution in [3.63, 3.8) is 0 Å². The average Bonchev–Trinajstić information content (AvgIpc) is 3.43. The van der Waals surface area contributed by atoms with Crippen LogP contribution in [0.3, 0.4) is 0 Å². The van der Waals surface area contributed by atoms with Gasteiger partial charge in [0, 0.05) is 54.5 Å². The molecule has 1 amide bonds. The number of nitrogens with zero attached hydrogens (tertiary/aromatic N) is 2. The van der Waals surface area contributed by atoms with Gasteiger partial charge in [-0.1, -0.05) is 35.9 Å². The molecular formula is C33H44N2O4S. The highest BCUT2D eigenvalue weighted by atomic mass is 32.1. The molecule has 1 aromatic heterocycles. The zero-order chi connectivity index (χ0) is 28.3. The Kier molecular flexibility index (Phi) is 11.3. The number of aryl methyl sites for hydroxylation is 4. The Labute approximate surface area is 243 Å². The molecule has 0 radical (unpaired) electrons. The van der Waals surface area contributed by atoms with E-state index >= 15 is 0 Å². The van der Waals surface area contributed by atoms with Gasteiger partial charge in [0.25, 0.3) is 0 Å². The molecule has 1 aliphatic rings. The van der Waals surface area contributed by atoms with Crippen LogP contribution < -0.4 is 14.2 Å². The first kappa shape index (κ1) is 29.9. The van der Waals surface area contributed by atoms with E-state index in [0.717, 1.165) is 70.4 Å². The smallest absolute Gasteiger partial charge is 0.222 e. The van der Waals surface area contributed by atoms with Gasteiger partial charge in [-0.05, 0) is 69.2 Å². The summed E-state index contributed by atoms with van der Waals surface area (Å²) in [6, 6.07) is 17.4. The van der Waals surface area contributed by atoms with Gasteiger partial charge < -0.3 is 19.1 Å². The van der Waals surface area contributed by atoms with Crippen LogP contribution in [0, 0.1) is 6.92 Å². The van der Waals surface area contributed by atoms with Crippen molar-refractivity contribution in [1.82, 2.24) is 9.80 Å². The molecule has 0 saturated carbocycles. The third-order valence-corrected chi connectivity index (χ3v) is 8.90. The Hall–Kier alpha value is -3.03. The van der Waals surface area contributed by atoms with E-state index in [1.807, 2.05) is 28.4 Å². The highest BCUT2D eigenvalue weighted by molar-refractivity contribution is 7.11. The fourth-order valence-corrected chi connectivity index (χ4v) is 6.43. The number of amides is 1. The summed E-state index contributed by atoms with van der Waals surface area (Å²) < 4.78 is 16.6. The maximum absolute atomic E-state index is 12.8. The lowest BCUT2D eigenvalue weighted by molar-refractivity contribution is -0.133. The van der Waals surface area contributed by atoms with E-state index in [4.69, 9.17) is 14.2 Å². The fourth-order valence-electron chi connectivity index (χ4n) is 5.33. The number of benzene rings is 2. The topological polar surface area (TPSA) is 51.2 Å². The Bertz CT molecular complexity index is 1220. The van der Waals surface area contributed by atoms with Crippen molar-refractivity contribution in [2.75, 3.05) is 47.5 Å². The first-order chi connectivity index (χ1) is 19.5. The SMILES string of the molecule is COc1ccc(CN2CCN(C(=O)CCCCc3ccc(CCCc4ccc(C)cc4)s3)CC2)c(OC)c1OC. The Morgan fingerprint density at radius 3 is 2.08 bits per heavy atom. The number of carbonyl (C=O) groups excluding carboxylic acids is 1. The molecular weight excluding hydrogens is 520 g/mol. The summed E-state index contributed by atoms with van der Waals surface area (Å²) in [5.74, 6) is 2.27. The van der Waals surface area contributed by atoms with Crippen molar-refractivity contribution >= 4 is 17.2 Å². The third-order valence-electron chi connectivity index (χ3n) is 7.70. The molecule has 3 aromatic rings. The van der Waals surface area contributed by atoms with E-state index in [1.165, 1.54) is 27.3 Å². The largest absolute Gasteiger partial charge is 0.493 e. The van der Waals surface area contributed by atoms with E-state index in [9.17, 15) is 4.79 Å². The predicted molar refractivity (Wildman–Crippen MR) is 163 cm³/mol. The molecule has 6 nitrogen and oxygen atoms in total. The molecule has 7 heteroatoms. The molecule has 4 rings (SSSR count). The summed E-state index contributed by atoms with van der Waals surface area (Å²) in [4.78, 5) is 20.2. The number of thiophene rings is 1. The van der Waals surface area contributed by atoms with E-state index in [-0.39, 0.29) is 5.91 Å². The number of rotatable bonds is 14. The molecule has 0 unspecified atom stereocenters. The highest BCUT2D eigenvalue weighted by Crippen LogP contribution is 2.40. The van der Waals surface area contributed by atoms with Crippen molar-refractivity contribution in [2.45, 2.75) is 58.4 Å². The van der Waals surface area contributed by atoms with Crippen molar-refractivity contribution in [2.24, 2.45) is 0 Å². The minimum absolute atomic E-state index is 0.284. The Balaban J connectivity index is 1.13. The van der Waals surface area contributed by atoms with E-state index in [2.05, 4.69) is 48.2 Å². The number of hydrogen-bond donors (Lipinski definition) is 0. The van der Waals surface area contributed by atoms with Gasteiger partial charge in [0.1, 0.15) is 0 Å². The number of methoxy groups -OCH3 is 3. The number of unbranched alkanes of at least 4 members (excludes halogenated alkanes) is 1. The van der Waals surface area contributed by atoms with Crippen LogP contribution in [-0.4, -0.2) is 63.2 Å². The summed E-state index contributed by atoms with van der Waals surface area (Å²) in [5.41, 5.74) is 3.80. The normalized spacial score (nSPS) is 13.8. The van der Waals surface area contributed by atoms with Crippen LogP contribution >= 0.6 is 11.3 Å². The Morgan fingerprint density at radius 1 is 0.750 bits per heavy atom. The fraction of sp³-hybridized carbons (Fsp3) is 0.485. The second-order valence-corrected chi connectivity index (χ2v) is 11.8. The van der Waals surface area contributed by atoms with E-state index in [0.29, 0.717) is 23.7 Å². The monoisotopic (exact) mass is 564 g/mol. The van der Waals surface area contributed by atoms with Crippen LogP contribution in [-0.2, 0) is 30.6 Å². The minimum atomic E-state index is 0.284. The van der Waals surface area contributed by atoms with Gasteiger partial charge in [-0.2, -0.15) is 0 Å². The zero-order valence-electron chi connectivity index (χ0n) is 24.5. The summed E-state index contributed by atoms with van der Waals surface area (Å²) >= 11 is 1.94. The van der Waals surface area contributed by atoms with Gasteiger partial charge in [-0.25, -0.2) is 0 Å². The zero-order valence-corrected chi connectivity index (χ0v) is 25.4. The predicted octanol–water partition coefficient (Wildman–Crippen LogP) is 6.31. The maximum atomic E-state index is 12.8. The summed E-state index contributed by atoms with van der Waals surface area (Å²) in [5, 5.41) is 0. The molecule has 2 heterocycles. The molecule has 0 atom stereocenters. The van der Waals surface area contributed by atoms with Gasteiger partial charge in [0.15, 0.2) is 11.5 Å². The molecule has 0 N–H and O–H groups in total. The molecule has 216 valence electrons. The van der Waals surface area contributed by atoms with Gasteiger partial charge in [0.05, 0.1) is 21.3 Å². The quantitative estimate of drug-likeness (QED) is 0.215. The molecule has 0 bridgehead atoms. The van der Waals surface area contributed by atoms with Crippen LogP contribution in [0.1, 0.15) is 52.1 Å². The second kappa shape index (κ2) is 15.1. The lowest BCUT2D eigenvalue weighted by Gasteiger charge is -2.35. The van der Waals surface area contributed by atoms with Gasteiger partial charge in [0.2, 0.25) is 11.7 Å². The third kappa shape index (κ3) is 8.24. The molecule has 40 heavy (non-hydrogen) atoms. The average molecular weight is 565 g/mol. The number of ether oxygens (including phenoxy) is 3. The van der Waals surface area contributed by atoms with Crippen molar-refractivity contribution in [3.8, 4) is 17.2 Å². The Morgan fingerprint density at radius 2 is 1.43 bits per heavy atom. The van der Waals surface area contributed by atoms with Crippen molar-refractivity contribution in [3.05, 3.63) is 75.0 Å².